The lowest BCUT2D eigenvalue weighted by Crippen LogP contribution is -2.41. The van der Waals surface area contributed by atoms with Crippen molar-refractivity contribution in [3.8, 4) is 0 Å². The van der Waals surface area contributed by atoms with E-state index in [4.69, 9.17) is 26.8 Å². The number of morpholine rings is 1. The topological polar surface area (TPSA) is 120 Å². The maximum Gasteiger partial charge on any atom is 0.274 e. The smallest absolute Gasteiger partial charge is 0.274 e. The molecule has 0 saturated carbocycles. The number of pyridine rings is 2. The lowest BCUT2D eigenvalue weighted by atomic mass is 9.97. The van der Waals surface area contributed by atoms with Crippen molar-refractivity contribution in [2.75, 3.05) is 38.6 Å². The summed E-state index contributed by atoms with van der Waals surface area (Å²) in [6, 6.07) is 5.27. The number of allylic oxidation sites excluding steroid dienone is 5. The minimum absolute atomic E-state index is 0.185. The first kappa shape index (κ1) is 26.6. The molecule has 0 spiro atoms. The standard InChI is InChI=1S/C29H30ClN5O4/c1-18-10-21(22-14-24(30)28(34-16-22)29(37)35-6-8-38-9-7-35)11-20-12-23(39-25(18)13-20)17-33-27(36)5-3-19-2-4-26(31)32-15-19/h2-5,10-11,14-16,23H,6-9,12-13,17H2,1H3,(H2,31,32)(H,33,36)/b5-3+. The van der Waals surface area contributed by atoms with Gasteiger partial charge in [0.15, 0.2) is 0 Å². The van der Waals surface area contributed by atoms with Crippen LogP contribution in [0.1, 0.15) is 41.4 Å². The number of hydrogen-bond donors (Lipinski definition) is 2. The van der Waals surface area contributed by atoms with Gasteiger partial charge in [-0.1, -0.05) is 23.3 Å². The molecule has 2 aromatic heterocycles. The molecule has 3 N–H and O–H groups in total. The van der Waals surface area contributed by atoms with Gasteiger partial charge in [-0.3, -0.25) is 9.59 Å². The Bertz CT molecular complexity index is 1390. The Morgan fingerprint density at radius 2 is 2.03 bits per heavy atom. The molecule has 5 rings (SSSR count). The summed E-state index contributed by atoms with van der Waals surface area (Å²) in [5.41, 5.74) is 10.6. The molecule has 9 nitrogen and oxygen atoms in total. The van der Waals surface area contributed by atoms with Gasteiger partial charge in [-0.25, -0.2) is 9.97 Å². The molecule has 2 saturated heterocycles. The van der Waals surface area contributed by atoms with Crippen molar-refractivity contribution in [2.24, 2.45) is 0 Å². The highest BCUT2D eigenvalue weighted by Crippen LogP contribution is 2.36. The molecule has 1 unspecified atom stereocenters. The maximum atomic E-state index is 12.9. The number of halogens is 1. The predicted molar refractivity (Wildman–Crippen MR) is 150 cm³/mol. The number of rotatable bonds is 6. The SMILES string of the molecule is CC1=C2CC(=CC(c3cnc(C(=O)N4CCOCC4)c(Cl)c3)=C1)CC(CNC(=O)/C=C/c1ccc(N)nc1)O2. The van der Waals surface area contributed by atoms with Gasteiger partial charge in [0, 0.05) is 50.0 Å². The Balaban J connectivity index is 1.24. The van der Waals surface area contributed by atoms with Gasteiger partial charge in [0.2, 0.25) is 5.91 Å². The van der Waals surface area contributed by atoms with E-state index in [1.54, 1.807) is 41.6 Å². The molecule has 202 valence electrons. The van der Waals surface area contributed by atoms with Crippen molar-refractivity contribution in [3.05, 3.63) is 87.6 Å². The summed E-state index contributed by atoms with van der Waals surface area (Å²) in [4.78, 5) is 35.4. The molecule has 1 atom stereocenters. The van der Waals surface area contributed by atoms with E-state index in [0.29, 0.717) is 56.5 Å². The Hall–Kier alpha value is -3.95. The normalized spacial score (nSPS) is 19.2. The van der Waals surface area contributed by atoms with Crippen LogP contribution < -0.4 is 11.1 Å². The van der Waals surface area contributed by atoms with Crippen molar-refractivity contribution >= 4 is 40.9 Å². The summed E-state index contributed by atoms with van der Waals surface area (Å²) in [6.07, 6.45) is 11.8. The zero-order valence-corrected chi connectivity index (χ0v) is 22.4. The van der Waals surface area contributed by atoms with Gasteiger partial charge >= 0.3 is 0 Å². The fourth-order valence-electron chi connectivity index (χ4n) is 4.68. The van der Waals surface area contributed by atoms with E-state index in [1.807, 2.05) is 13.0 Å². The summed E-state index contributed by atoms with van der Waals surface area (Å²) in [6.45, 7) is 4.46. The molecule has 4 heterocycles. The number of ether oxygens (including phenoxy) is 2. The van der Waals surface area contributed by atoms with Gasteiger partial charge in [-0.15, -0.1) is 0 Å². The fraction of sp³-hybridized carbons (Fsp3) is 0.310. The predicted octanol–water partition coefficient (Wildman–Crippen LogP) is 3.79. The largest absolute Gasteiger partial charge is 0.492 e. The van der Waals surface area contributed by atoms with E-state index >= 15 is 0 Å². The Morgan fingerprint density at radius 1 is 1.21 bits per heavy atom. The molecule has 2 fully saturated rings. The van der Waals surface area contributed by atoms with Gasteiger partial charge in [-0.05, 0) is 54.0 Å². The van der Waals surface area contributed by atoms with Crippen LogP contribution in [0.4, 0.5) is 5.82 Å². The number of hydrogen-bond acceptors (Lipinski definition) is 7. The molecular formula is C29H30ClN5O4. The molecule has 3 aliphatic rings. The molecule has 0 aromatic carbocycles. The van der Waals surface area contributed by atoms with Crippen LogP contribution in [0.5, 0.6) is 0 Å². The highest BCUT2D eigenvalue weighted by atomic mass is 35.5. The van der Waals surface area contributed by atoms with Gasteiger partial charge in [0.1, 0.15) is 23.4 Å². The van der Waals surface area contributed by atoms with E-state index < -0.39 is 0 Å². The summed E-state index contributed by atoms with van der Waals surface area (Å²) in [7, 11) is 0. The summed E-state index contributed by atoms with van der Waals surface area (Å²) in [5.74, 6) is 0.910. The second-order valence-electron chi connectivity index (χ2n) is 9.68. The molecule has 2 aromatic rings. The monoisotopic (exact) mass is 547 g/mol. The zero-order valence-electron chi connectivity index (χ0n) is 21.7. The number of anilines is 1. The third-order valence-corrected chi connectivity index (χ3v) is 7.06. The lowest BCUT2D eigenvalue weighted by Gasteiger charge is -2.28. The van der Waals surface area contributed by atoms with Crippen molar-refractivity contribution in [2.45, 2.75) is 25.9 Å². The maximum absolute atomic E-state index is 12.9. The number of carbonyl (C=O) groups is 2. The Morgan fingerprint density at radius 3 is 2.77 bits per heavy atom. The van der Waals surface area contributed by atoms with Crippen LogP contribution >= 0.6 is 11.6 Å². The van der Waals surface area contributed by atoms with E-state index in [2.05, 4.69) is 21.4 Å². The number of aromatic nitrogens is 2. The Kier molecular flexibility index (Phi) is 8.09. The molecule has 0 radical (unpaired) electrons. The third-order valence-electron chi connectivity index (χ3n) is 6.77. The summed E-state index contributed by atoms with van der Waals surface area (Å²) >= 11 is 6.54. The van der Waals surface area contributed by atoms with Crippen LogP contribution in [0, 0.1) is 0 Å². The Labute approximate surface area is 232 Å². The molecule has 2 aliphatic heterocycles. The van der Waals surface area contributed by atoms with Gasteiger partial charge in [0.05, 0.1) is 24.8 Å². The lowest BCUT2D eigenvalue weighted by molar-refractivity contribution is -0.117. The first-order valence-electron chi connectivity index (χ1n) is 12.8. The first-order valence-corrected chi connectivity index (χ1v) is 13.2. The molecule has 2 bridgehead atoms. The molecule has 2 amide bonds. The average molecular weight is 548 g/mol. The molecule has 10 heteroatoms. The minimum atomic E-state index is -0.213. The van der Waals surface area contributed by atoms with E-state index in [9.17, 15) is 9.59 Å². The second kappa shape index (κ2) is 11.8. The van der Waals surface area contributed by atoms with E-state index in [0.717, 1.165) is 28.0 Å². The van der Waals surface area contributed by atoms with Crippen molar-refractivity contribution < 1.29 is 19.1 Å². The third kappa shape index (κ3) is 6.55. The fourth-order valence-corrected chi connectivity index (χ4v) is 4.93. The van der Waals surface area contributed by atoms with Crippen molar-refractivity contribution in [1.29, 1.82) is 0 Å². The summed E-state index contributed by atoms with van der Waals surface area (Å²) in [5, 5.41) is 3.24. The highest BCUT2D eigenvalue weighted by Gasteiger charge is 2.26. The van der Waals surface area contributed by atoms with E-state index in [1.165, 1.54) is 11.6 Å². The van der Waals surface area contributed by atoms with Crippen molar-refractivity contribution in [3.63, 3.8) is 0 Å². The number of amides is 2. The second-order valence-corrected chi connectivity index (χ2v) is 10.1. The molecule has 1 aliphatic carbocycles. The highest BCUT2D eigenvalue weighted by molar-refractivity contribution is 6.33. The number of fused-ring (bicyclic) bond motifs is 2. The summed E-state index contributed by atoms with van der Waals surface area (Å²) < 4.78 is 11.6. The quantitative estimate of drug-likeness (QED) is 0.528. The number of nitrogens with one attached hydrogen (secondary N) is 1. The van der Waals surface area contributed by atoms with Crippen LogP contribution in [0.25, 0.3) is 11.6 Å². The van der Waals surface area contributed by atoms with Gasteiger partial charge in [0.25, 0.3) is 5.91 Å². The van der Waals surface area contributed by atoms with Crippen LogP contribution in [0.15, 0.2) is 65.7 Å². The van der Waals surface area contributed by atoms with Gasteiger partial charge < -0.3 is 25.4 Å². The number of nitrogens with two attached hydrogens (primary N) is 1. The average Bonchev–Trinajstić information content (AvgIpc) is 3.06. The van der Waals surface area contributed by atoms with Crippen LogP contribution in [-0.2, 0) is 14.3 Å². The van der Waals surface area contributed by atoms with Crippen LogP contribution in [0.3, 0.4) is 0 Å². The van der Waals surface area contributed by atoms with E-state index in [-0.39, 0.29) is 23.6 Å². The van der Waals surface area contributed by atoms with Gasteiger partial charge in [-0.2, -0.15) is 0 Å². The molecule has 39 heavy (non-hydrogen) atoms. The molecular weight excluding hydrogens is 518 g/mol. The van der Waals surface area contributed by atoms with Crippen LogP contribution in [0.2, 0.25) is 5.02 Å². The van der Waals surface area contributed by atoms with Crippen molar-refractivity contribution in [1.82, 2.24) is 20.2 Å². The number of nitrogens with zero attached hydrogens (tertiary/aromatic N) is 3. The first-order chi connectivity index (χ1) is 18.9. The minimum Gasteiger partial charge on any atom is -0.492 e. The number of carbonyl (C=O) groups excluding carboxylic acids is 2. The number of nitrogen functional groups attached to an aromatic ring is 1. The van der Waals surface area contributed by atoms with Crippen LogP contribution in [-0.4, -0.2) is 65.6 Å². The zero-order chi connectivity index (χ0) is 27.4.